The van der Waals surface area contributed by atoms with Crippen LogP contribution in [0, 0.1) is 17.0 Å². The van der Waals surface area contributed by atoms with Gasteiger partial charge in [0, 0.05) is 33.4 Å². The van der Waals surface area contributed by atoms with Crippen molar-refractivity contribution in [2.24, 2.45) is 0 Å². The Balaban J connectivity index is 2.72. The molecule has 100 valence electrons. The third-order valence-corrected chi connectivity index (χ3v) is 3.52. The Morgan fingerprint density at radius 1 is 1.61 bits per heavy atom. The van der Waals surface area contributed by atoms with Crippen molar-refractivity contribution in [2.75, 3.05) is 27.3 Å². The average Bonchev–Trinajstić information content (AvgIpc) is 2.70. The van der Waals surface area contributed by atoms with Gasteiger partial charge in [0.15, 0.2) is 0 Å². The lowest BCUT2D eigenvalue weighted by atomic mass is 10.3. The van der Waals surface area contributed by atoms with E-state index in [0.29, 0.717) is 22.9 Å². The zero-order valence-electron chi connectivity index (χ0n) is 10.6. The van der Waals surface area contributed by atoms with E-state index in [-0.39, 0.29) is 11.6 Å². The molecule has 0 atom stereocenters. The first kappa shape index (κ1) is 14.6. The van der Waals surface area contributed by atoms with Gasteiger partial charge in [-0.2, -0.15) is 0 Å². The summed E-state index contributed by atoms with van der Waals surface area (Å²) in [7, 11) is 3.28. The van der Waals surface area contributed by atoms with Gasteiger partial charge in [-0.15, -0.1) is 11.3 Å². The summed E-state index contributed by atoms with van der Waals surface area (Å²) in [4.78, 5) is 24.7. The number of ether oxygens (including phenoxy) is 1. The van der Waals surface area contributed by atoms with Gasteiger partial charge in [0.05, 0.1) is 14.7 Å². The third-order valence-electron chi connectivity index (χ3n) is 2.49. The highest BCUT2D eigenvalue weighted by Crippen LogP contribution is 2.28. The van der Waals surface area contributed by atoms with Gasteiger partial charge in [-0.25, -0.2) is 0 Å². The van der Waals surface area contributed by atoms with Crippen molar-refractivity contribution in [2.45, 2.75) is 13.3 Å². The van der Waals surface area contributed by atoms with Crippen LogP contribution in [0.25, 0.3) is 0 Å². The molecule has 6 nitrogen and oxygen atoms in total. The highest BCUT2D eigenvalue weighted by molar-refractivity contribution is 7.14. The molecule has 0 saturated carbocycles. The number of carbonyl (C=O) groups excluding carboxylic acids is 1. The first-order chi connectivity index (χ1) is 8.47. The summed E-state index contributed by atoms with van der Waals surface area (Å²) < 4.78 is 4.91. The van der Waals surface area contributed by atoms with Crippen molar-refractivity contribution < 1.29 is 14.5 Å². The van der Waals surface area contributed by atoms with Crippen LogP contribution in [-0.4, -0.2) is 43.0 Å². The first-order valence-corrected chi connectivity index (χ1v) is 6.28. The van der Waals surface area contributed by atoms with Crippen LogP contribution in [0.4, 0.5) is 5.69 Å². The lowest BCUT2D eigenvalue weighted by Crippen LogP contribution is -2.27. The van der Waals surface area contributed by atoms with E-state index in [1.807, 2.05) is 0 Å². The van der Waals surface area contributed by atoms with Crippen molar-refractivity contribution in [3.05, 3.63) is 25.9 Å². The van der Waals surface area contributed by atoms with E-state index in [1.54, 1.807) is 26.0 Å². The lowest BCUT2D eigenvalue weighted by molar-refractivity contribution is -0.385. The molecule has 0 unspecified atom stereocenters. The van der Waals surface area contributed by atoms with E-state index in [1.165, 1.54) is 6.07 Å². The molecular weight excluding hydrogens is 256 g/mol. The van der Waals surface area contributed by atoms with Gasteiger partial charge in [-0.3, -0.25) is 14.9 Å². The molecule has 0 aliphatic heterocycles. The molecule has 18 heavy (non-hydrogen) atoms. The number of hydrogen-bond acceptors (Lipinski definition) is 5. The minimum Gasteiger partial charge on any atom is -0.385 e. The summed E-state index contributed by atoms with van der Waals surface area (Å²) in [6.45, 7) is 2.79. The van der Waals surface area contributed by atoms with Crippen LogP contribution < -0.4 is 0 Å². The Morgan fingerprint density at radius 3 is 2.78 bits per heavy atom. The predicted molar refractivity (Wildman–Crippen MR) is 69.2 cm³/mol. The maximum atomic E-state index is 12.0. The molecule has 0 aromatic carbocycles. The van der Waals surface area contributed by atoms with Gasteiger partial charge < -0.3 is 9.64 Å². The Kier molecular flexibility index (Phi) is 5.24. The number of carbonyl (C=O) groups is 1. The van der Waals surface area contributed by atoms with Crippen LogP contribution >= 0.6 is 11.3 Å². The molecule has 1 rings (SSSR count). The summed E-state index contributed by atoms with van der Waals surface area (Å²) in [5.41, 5.74) is 0.00800. The molecule has 0 N–H and O–H groups in total. The molecule has 1 aromatic heterocycles. The second-order valence-corrected chi connectivity index (χ2v) is 5.14. The van der Waals surface area contributed by atoms with E-state index < -0.39 is 4.92 Å². The van der Waals surface area contributed by atoms with Crippen LogP contribution in [0.3, 0.4) is 0 Å². The maximum Gasteiger partial charge on any atom is 0.283 e. The monoisotopic (exact) mass is 272 g/mol. The molecule has 0 fully saturated rings. The van der Waals surface area contributed by atoms with E-state index in [4.69, 9.17) is 4.74 Å². The van der Waals surface area contributed by atoms with Gasteiger partial charge >= 0.3 is 0 Å². The molecule has 7 heteroatoms. The van der Waals surface area contributed by atoms with Crippen LogP contribution in [0.2, 0.25) is 0 Å². The van der Waals surface area contributed by atoms with Crippen molar-refractivity contribution in [3.63, 3.8) is 0 Å². The van der Waals surface area contributed by atoms with Crippen molar-refractivity contribution >= 4 is 22.9 Å². The molecule has 0 radical (unpaired) electrons. The summed E-state index contributed by atoms with van der Waals surface area (Å²) in [6, 6.07) is 1.34. The lowest BCUT2D eigenvalue weighted by Gasteiger charge is -2.15. The van der Waals surface area contributed by atoms with Crippen molar-refractivity contribution in [3.8, 4) is 0 Å². The second kappa shape index (κ2) is 6.46. The molecule has 0 aliphatic carbocycles. The minimum atomic E-state index is -0.465. The molecule has 0 spiro atoms. The number of rotatable bonds is 6. The molecule has 1 aromatic rings. The van der Waals surface area contributed by atoms with Crippen LogP contribution in [-0.2, 0) is 4.74 Å². The predicted octanol–water partition coefficient (Wildman–Crippen LogP) is 2.07. The molecule has 1 amide bonds. The smallest absolute Gasteiger partial charge is 0.283 e. The topological polar surface area (TPSA) is 72.7 Å². The molecule has 1 heterocycles. The fourth-order valence-electron chi connectivity index (χ4n) is 1.49. The largest absolute Gasteiger partial charge is 0.385 e. The Labute approximate surface area is 109 Å². The zero-order valence-corrected chi connectivity index (χ0v) is 11.5. The van der Waals surface area contributed by atoms with Gasteiger partial charge in [0.25, 0.3) is 11.6 Å². The average molecular weight is 272 g/mol. The highest BCUT2D eigenvalue weighted by Gasteiger charge is 2.21. The summed E-state index contributed by atoms with van der Waals surface area (Å²) >= 11 is 1.15. The second-order valence-electron chi connectivity index (χ2n) is 3.88. The summed E-state index contributed by atoms with van der Waals surface area (Å²) in [5.74, 6) is -0.188. The van der Waals surface area contributed by atoms with E-state index in [9.17, 15) is 14.9 Å². The Hall–Kier alpha value is -1.47. The van der Waals surface area contributed by atoms with E-state index >= 15 is 0 Å². The fourth-order valence-corrected chi connectivity index (χ4v) is 2.48. The number of thiophene rings is 1. The van der Waals surface area contributed by atoms with Crippen LogP contribution in [0.1, 0.15) is 21.0 Å². The number of aryl methyl sites for hydroxylation is 1. The van der Waals surface area contributed by atoms with Gasteiger partial charge in [0.2, 0.25) is 0 Å². The normalized spacial score (nSPS) is 10.4. The SMILES string of the molecule is COCCCN(C)C(=O)c1cc([N+](=O)[O-])c(C)s1. The molecule has 0 bridgehead atoms. The Morgan fingerprint density at radius 2 is 2.28 bits per heavy atom. The van der Waals surface area contributed by atoms with Gasteiger partial charge in [-0.1, -0.05) is 0 Å². The number of nitrogens with zero attached hydrogens (tertiary/aromatic N) is 2. The van der Waals surface area contributed by atoms with E-state index in [0.717, 1.165) is 17.8 Å². The minimum absolute atomic E-state index is 0.00800. The number of nitro groups is 1. The number of amides is 1. The van der Waals surface area contributed by atoms with E-state index in [2.05, 4.69) is 0 Å². The van der Waals surface area contributed by atoms with Gasteiger partial charge in [0.1, 0.15) is 0 Å². The zero-order chi connectivity index (χ0) is 13.7. The van der Waals surface area contributed by atoms with Crippen LogP contribution in [0.5, 0.6) is 0 Å². The molecule has 0 saturated heterocycles. The summed E-state index contributed by atoms with van der Waals surface area (Å²) in [5, 5.41) is 10.7. The third kappa shape index (κ3) is 3.51. The quantitative estimate of drug-likeness (QED) is 0.451. The maximum absolute atomic E-state index is 12.0. The first-order valence-electron chi connectivity index (χ1n) is 5.46. The fraction of sp³-hybridized carbons (Fsp3) is 0.545. The number of hydrogen-bond donors (Lipinski definition) is 0. The molecular formula is C11H16N2O4S. The standard InChI is InChI=1S/C11H16N2O4S/c1-8-9(13(15)16)7-10(18-8)11(14)12(2)5-4-6-17-3/h7H,4-6H2,1-3H3. The van der Waals surface area contributed by atoms with Crippen molar-refractivity contribution in [1.29, 1.82) is 0 Å². The van der Waals surface area contributed by atoms with Crippen LogP contribution in [0.15, 0.2) is 6.07 Å². The van der Waals surface area contributed by atoms with Gasteiger partial charge in [-0.05, 0) is 13.3 Å². The highest BCUT2D eigenvalue weighted by atomic mass is 32.1. The molecule has 0 aliphatic rings. The summed E-state index contributed by atoms with van der Waals surface area (Å²) in [6.07, 6.45) is 0.741. The Bertz CT molecular complexity index is 444. The van der Waals surface area contributed by atoms with Crippen molar-refractivity contribution in [1.82, 2.24) is 4.90 Å². The number of methoxy groups -OCH3 is 1.